The summed E-state index contributed by atoms with van der Waals surface area (Å²) in [7, 11) is 0. The van der Waals surface area contributed by atoms with Gasteiger partial charge in [0.2, 0.25) is 11.8 Å². The standard InChI is InChI=1S/C13H17ClN2O3S/c1-9(18)16-12(13(19)15-6-7-17)8-20-11-4-2-10(14)3-5-11/h2-5,12,17H,6-8H2,1H3,(H,15,19)(H,16,18). The predicted molar refractivity (Wildman–Crippen MR) is 79.9 cm³/mol. The van der Waals surface area contributed by atoms with Gasteiger partial charge < -0.3 is 15.7 Å². The SMILES string of the molecule is CC(=O)NC(CSc1ccc(Cl)cc1)C(=O)NCCO. The number of aliphatic hydroxyl groups is 1. The quantitative estimate of drug-likeness (QED) is 0.657. The summed E-state index contributed by atoms with van der Waals surface area (Å²) in [5, 5.41) is 14.5. The third kappa shape index (κ3) is 6.27. The highest BCUT2D eigenvalue weighted by atomic mass is 35.5. The Bertz CT molecular complexity index is 453. The second-order valence-corrected chi connectivity index (χ2v) is 5.56. The first-order valence-corrected chi connectivity index (χ1v) is 7.43. The monoisotopic (exact) mass is 316 g/mol. The number of carbonyl (C=O) groups is 2. The summed E-state index contributed by atoms with van der Waals surface area (Å²) in [4.78, 5) is 23.9. The topological polar surface area (TPSA) is 78.4 Å². The number of hydrogen-bond donors (Lipinski definition) is 3. The number of thioether (sulfide) groups is 1. The number of rotatable bonds is 7. The Balaban J connectivity index is 2.57. The average molecular weight is 317 g/mol. The zero-order chi connectivity index (χ0) is 15.0. The summed E-state index contributed by atoms with van der Waals surface area (Å²) in [6.45, 7) is 1.39. The molecule has 7 heteroatoms. The van der Waals surface area contributed by atoms with E-state index in [0.717, 1.165) is 4.90 Å². The van der Waals surface area contributed by atoms with Crippen LogP contribution in [0.25, 0.3) is 0 Å². The number of amides is 2. The summed E-state index contributed by atoms with van der Waals surface area (Å²) >= 11 is 7.24. The van der Waals surface area contributed by atoms with Crippen LogP contribution >= 0.6 is 23.4 Å². The van der Waals surface area contributed by atoms with Gasteiger partial charge in [-0.1, -0.05) is 11.6 Å². The molecule has 20 heavy (non-hydrogen) atoms. The maximum Gasteiger partial charge on any atom is 0.243 e. The fraction of sp³-hybridized carbons (Fsp3) is 0.385. The molecule has 0 bridgehead atoms. The Morgan fingerprint density at radius 1 is 1.35 bits per heavy atom. The van der Waals surface area contributed by atoms with Crippen molar-refractivity contribution in [3.05, 3.63) is 29.3 Å². The zero-order valence-electron chi connectivity index (χ0n) is 11.1. The van der Waals surface area contributed by atoms with Gasteiger partial charge in [-0.2, -0.15) is 0 Å². The molecule has 1 atom stereocenters. The fourth-order valence-corrected chi connectivity index (χ4v) is 2.49. The highest BCUT2D eigenvalue weighted by Crippen LogP contribution is 2.21. The lowest BCUT2D eigenvalue weighted by molar-refractivity contribution is -0.127. The van der Waals surface area contributed by atoms with Crippen molar-refractivity contribution in [2.24, 2.45) is 0 Å². The van der Waals surface area contributed by atoms with Gasteiger partial charge in [0.25, 0.3) is 0 Å². The summed E-state index contributed by atoms with van der Waals surface area (Å²) < 4.78 is 0. The molecular formula is C13H17ClN2O3S. The van der Waals surface area contributed by atoms with Crippen molar-refractivity contribution in [2.45, 2.75) is 17.9 Å². The van der Waals surface area contributed by atoms with Gasteiger partial charge >= 0.3 is 0 Å². The van der Waals surface area contributed by atoms with Crippen molar-refractivity contribution in [3.63, 3.8) is 0 Å². The zero-order valence-corrected chi connectivity index (χ0v) is 12.6. The molecule has 0 fully saturated rings. The van der Waals surface area contributed by atoms with E-state index >= 15 is 0 Å². The highest BCUT2D eigenvalue weighted by Gasteiger charge is 2.19. The van der Waals surface area contributed by atoms with E-state index in [1.807, 2.05) is 12.1 Å². The van der Waals surface area contributed by atoms with Crippen molar-refractivity contribution >= 4 is 35.2 Å². The van der Waals surface area contributed by atoms with Crippen LogP contribution < -0.4 is 10.6 Å². The third-order valence-electron chi connectivity index (χ3n) is 2.34. The molecule has 0 spiro atoms. The molecule has 3 N–H and O–H groups in total. The van der Waals surface area contributed by atoms with E-state index in [-0.39, 0.29) is 25.0 Å². The van der Waals surface area contributed by atoms with Crippen molar-refractivity contribution in [1.29, 1.82) is 0 Å². The predicted octanol–water partition coefficient (Wildman–Crippen LogP) is 1.05. The molecule has 0 aliphatic carbocycles. The molecule has 0 aromatic heterocycles. The van der Waals surface area contributed by atoms with Gasteiger partial charge in [-0.15, -0.1) is 11.8 Å². The molecule has 0 radical (unpaired) electrons. The maximum absolute atomic E-state index is 11.8. The second-order valence-electron chi connectivity index (χ2n) is 4.03. The van der Waals surface area contributed by atoms with E-state index < -0.39 is 6.04 Å². The van der Waals surface area contributed by atoms with Crippen LogP contribution in [0, 0.1) is 0 Å². The molecule has 1 aromatic rings. The van der Waals surface area contributed by atoms with E-state index in [1.165, 1.54) is 18.7 Å². The average Bonchev–Trinajstić information content (AvgIpc) is 2.42. The lowest BCUT2D eigenvalue weighted by Gasteiger charge is -2.17. The Morgan fingerprint density at radius 2 is 2.00 bits per heavy atom. The molecule has 1 unspecified atom stereocenters. The molecule has 0 aliphatic heterocycles. The Kier molecular flexibility index (Phi) is 7.43. The van der Waals surface area contributed by atoms with Gasteiger partial charge in [-0.05, 0) is 24.3 Å². The summed E-state index contributed by atoms with van der Waals surface area (Å²) in [6.07, 6.45) is 0. The largest absolute Gasteiger partial charge is 0.395 e. The third-order valence-corrected chi connectivity index (χ3v) is 3.69. The molecule has 1 aromatic carbocycles. The number of nitrogens with one attached hydrogen (secondary N) is 2. The first-order chi connectivity index (χ1) is 9.52. The molecule has 1 rings (SSSR count). The summed E-state index contributed by atoms with van der Waals surface area (Å²) in [5.41, 5.74) is 0. The number of aliphatic hydroxyl groups excluding tert-OH is 1. The molecule has 0 saturated carbocycles. The van der Waals surface area contributed by atoms with Gasteiger partial charge in [-0.25, -0.2) is 0 Å². The summed E-state index contributed by atoms with van der Waals surface area (Å²) in [5.74, 6) is -0.181. The highest BCUT2D eigenvalue weighted by molar-refractivity contribution is 7.99. The minimum absolute atomic E-state index is 0.136. The normalized spacial score (nSPS) is 11.8. The van der Waals surface area contributed by atoms with Crippen molar-refractivity contribution < 1.29 is 14.7 Å². The fourth-order valence-electron chi connectivity index (χ4n) is 1.44. The van der Waals surface area contributed by atoms with Crippen LogP contribution in [-0.2, 0) is 9.59 Å². The molecule has 2 amide bonds. The van der Waals surface area contributed by atoms with E-state index in [0.29, 0.717) is 10.8 Å². The van der Waals surface area contributed by atoms with Crippen molar-refractivity contribution in [2.75, 3.05) is 18.9 Å². The van der Waals surface area contributed by atoms with Crippen LogP contribution in [0.3, 0.4) is 0 Å². The molecule has 0 saturated heterocycles. The Labute approximate surface area is 127 Å². The molecular weight excluding hydrogens is 300 g/mol. The lowest BCUT2D eigenvalue weighted by Crippen LogP contribution is -2.48. The number of hydrogen-bond acceptors (Lipinski definition) is 4. The van der Waals surface area contributed by atoms with Crippen LogP contribution in [0.1, 0.15) is 6.92 Å². The lowest BCUT2D eigenvalue weighted by atomic mass is 10.3. The van der Waals surface area contributed by atoms with Crippen LogP contribution in [0.5, 0.6) is 0 Å². The molecule has 110 valence electrons. The van der Waals surface area contributed by atoms with Crippen molar-refractivity contribution in [3.8, 4) is 0 Å². The molecule has 0 heterocycles. The first-order valence-electron chi connectivity index (χ1n) is 6.07. The minimum atomic E-state index is -0.639. The number of halogens is 1. The maximum atomic E-state index is 11.8. The van der Waals surface area contributed by atoms with Crippen LogP contribution in [0.4, 0.5) is 0 Å². The van der Waals surface area contributed by atoms with Crippen LogP contribution in [0.2, 0.25) is 5.02 Å². The van der Waals surface area contributed by atoms with E-state index in [9.17, 15) is 9.59 Å². The van der Waals surface area contributed by atoms with E-state index in [1.54, 1.807) is 12.1 Å². The first kappa shape index (κ1) is 16.8. The summed E-state index contributed by atoms with van der Waals surface area (Å²) in [6, 6.07) is 6.60. The molecule has 0 aliphatic rings. The van der Waals surface area contributed by atoms with Gasteiger partial charge in [-0.3, -0.25) is 9.59 Å². The van der Waals surface area contributed by atoms with E-state index in [4.69, 9.17) is 16.7 Å². The van der Waals surface area contributed by atoms with Gasteiger partial charge in [0.15, 0.2) is 0 Å². The van der Waals surface area contributed by atoms with Gasteiger partial charge in [0, 0.05) is 29.1 Å². The molecule has 5 nitrogen and oxygen atoms in total. The minimum Gasteiger partial charge on any atom is -0.395 e. The Morgan fingerprint density at radius 3 is 2.55 bits per heavy atom. The van der Waals surface area contributed by atoms with Crippen LogP contribution in [-0.4, -0.2) is 41.9 Å². The van der Waals surface area contributed by atoms with E-state index in [2.05, 4.69) is 10.6 Å². The van der Waals surface area contributed by atoms with Crippen LogP contribution in [0.15, 0.2) is 29.2 Å². The van der Waals surface area contributed by atoms with Gasteiger partial charge in [0.1, 0.15) is 6.04 Å². The number of benzene rings is 1. The number of carbonyl (C=O) groups excluding carboxylic acids is 2. The second kappa shape index (κ2) is 8.84. The van der Waals surface area contributed by atoms with Gasteiger partial charge in [0.05, 0.1) is 6.61 Å². The van der Waals surface area contributed by atoms with Crippen molar-refractivity contribution in [1.82, 2.24) is 10.6 Å². The Hall–Kier alpha value is -1.24. The smallest absolute Gasteiger partial charge is 0.243 e.